The molecule has 0 heterocycles. The third-order valence-electron chi connectivity index (χ3n) is 4.22. The van der Waals surface area contributed by atoms with Gasteiger partial charge in [-0.1, -0.05) is 34.8 Å². The molecular formula is C16H23BrO3. The molecule has 0 bridgehead atoms. The number of allylic oxidation sites excluding steroid dienone is 2. The highest BCUT2D eigenvalue weighted by molar-refractivity contribution is 9.09. The summed E-state index contributed by atoms with van der Waals surface area (Å²) < 4.78 is 10.8. The molecule has 3 nitrogen and oxygen atoms in total. The average Bonchev–Trinajstić information content (AvgIpc) is 2.73. The van der Waals surface area contributed by atoms with Gasteiger partial charge in [0.15, 0.2) is 5.78 Å². The van der Waals surface area contributed by atoms with Crippen molar-refractivity contribution in [1.82, 2.24) is 0 Å². The minimum absolute atomic E-state index is 0.0344. The van der Waals surface area contributed by atoms with Crippen LogP contribution in [0.2, 0.25) is 0 Å². The molecule has 0 amide bonds. The third-order valence-corrected chi connectivity index (χ3v) is 4.68. The second-order valence-corrected chi connectivity index (χ2v) is 7.24. The van der Waals surface area contributed by atoms with Crippen molar-refractivity contribution in [1.29, 1.82) is 0 Å². The molecular weight excluding hydrogens is 320 g/mol. The smallest absolute Gasteiger partial charge is 0.166 e. The van der Waals surface area contributed by atoms with Crippen LogP contribution in [0.15, 0.2) is 23.0 Å². The molecule has 0 saturated carbocycles. The number of ketones is 1. The van der Waals surface area contributed by atoms with Gasteiger partial charge in [-0.05, 0) is 25.3 Å². The Morgan fingerprint density at radius 2 is 2.15 bits per heavy atom. The van der Waals surface area contributed by atoms with E-state index in [1.807, 2.05) is 6.08 Å². The van der Waals surface area contributed by atoms with Crippen LogP contribution in [0.5, 0.6) is 0 Å². The predicted molar refractivity (Wildman–Crippen MR) is 82.9 cm³/mol. The number of halogens is 1. The fourth-order valence-corrected chi connectivity index (χ4v) is 3.41. The van der Waals surface area contributed by atoms with Crippen LogP contribution < -0.4 is 0 Å². The first-order valence-electron chi connectivity index (χ1n) is 7.25. The van der Waals surface area contributed by atoms with Gasteiger partial charge < -0.3 is 9.47 Å². The number of rotatable bonds is 6. The quantitative estimate of drug-likeness (QED) is 0.689. The maximum Gasteiger partial charge on any atom is 0.166 e. The molecule has 0 saturated heterocycles. The molecule has 0 aliphatic heterocycles. The summed E-state index contributed by atoms with van der Waals surface area (Å²) in [4.78, 5) is 13.0. The van der Waals surface area contributed by atoms with E-state index in [-0.39, 0.29) is 12.0 Å². The van der Waals surface area contributed by atoms with E-state index in [2.05, 4.69) is 22.9 Å². The number of methoxy groups -OCH3 is 2. The Kier molecular flexibility index (Phi) is 5.44. The van der Waals surface area contributed by atoms with Crippen LogP contribution >= 0.6 is 15.9 Å². The molecule has 2 aliphatic carbocycles. The maximum absolute atomic E-state index is 12.5. The molecule has 0 aromatic carbocycles. The van der Waals surface area contributed by atoms with E-state index in [9.17, 15) is 4.79 Å². The first-order valence-corrected chi connectivity index (χ1v) is 8.17. The largest absolute Gasteiger partial charge is 0.498 e. The average molecular weight is 343 g/mol. The number of hydrogen-bond acceptors (Lipinski definition) is 3. The van der Waals surface area contributed by atoms with Crippen molar-refractivity contribution in [2.75, 3.05) is 14.2 Å². The lowest BCUT2D eigenvalue weighted by molar-refractivity contribution is -0.118. The highest BCUT2D eigenvalue weighted by Gasteiger charge is 2.36. The fourth-order valence-electron chi connectivity index (χ4n) is 3.09. The van der Waals surface area contributed by atoms with Gasteiger partial charge in [0.1, 0.15) is 11.9 Å². The second kappa shape index (κ2) is 6.90. The highest BCUT2D eigenvalue weighted by Crippen LogP contribution is 2.39. The van der Waals surface area contributed by atoms with Gasteiger partial charge in [0.2, 0.25) is 0 Å². The first kappa shape index (κ1) is 15.8. The van der Waals surface area contributed by atoms with Gasteiger partial charge in [-0.25, -0.2) is 0 Å². The van der Waals surface area contributed by atoms with Gasteiger partial charge in [-0.2, -0.15) is 0 Å². The lowest BCUT2D eigenvalue weighted by atomic mass is 9.95. The zero-order valence-electron chi connectivity index (χ0n) is 12.4. The Hall–Kier alpha value is -0.610. The van der Waals surface area contributed by atoms with E-state index >= 15 is 0 Å². The lowest BCUT2D eigenvalue weighted by Crippen LogP contribution is -2.20. The number of Topliss-reactive ketones (excluding diaryl/α,β-unsaturated/α-hetero) is 1. The summed E-state index contributed by atoms with van der Waals surface area (Å²) >= 11 is 3.56. The minimum atomic E-state index is -0.0344. The van der Waals surface area contributed by atoms with Gasteiger partial charge >= 0.3 is 0 Å². The molecule has 2 aliphatic rings. The molecule has 0 N–H and O–H groups in total. The van der Waals surface area contributed by atoms with Crippen LogP contribution in [-0.4, -0.2) is 30.9 Å². The molecule has 112 valence electrons. The zero-order valence-corrected chi connectivity index (χ0v) is 14.0. The van der Waals surface area contributed by atoms with Crippen molar-refractivity contribution in [2.45, 2.75) is 50.0 Å². The Bertz CT molecular complexity index is 437. The molecule has 4 heteroatoms. The van der Waals surface area contributed by atoms with Crippen molar-refractivity contribution in [3.8, 4) is 0 Å². The summed E-state index contributed by atoms with van der Waals surface area (Å²) in [7, 11) is 3.33. The van der Waals surface area contributed by atoms with Crippen molar-refractivity contribution in [2.24, 2.45) is 5.92 Å². The maximum atomic E-state index is 12.5. The van der Waals surface area contributed by atoms with Crippen LogP contribution in [0.25, 0.3) is 0 Å². The van der Waals surface area contributed by atoms with Crippen molar-refractivity contribution in [3.05, 3.63) is 23.0 Å². The molecule has 0 spiro atoms. The number of carbonyl (C=O) groups is 1. The van der Waals surface area contributed by atoms with Crippen LogP contribution in [-0.2, 0) is 14.3 Å². The molecule has 20 heavy (non-hydrogen) atoms. The van der Waals surface area contributed by atoms with E-state index in [1.165, 1.54) is 5.57 Å². The summed E-state index contributed by atoms with van der Waals surface area (Å²) in [5.74, 6) is 1.23. The standard InChI is InChI=1S/C16H23BrO3/c1-10(17)5-4-6-11-7-12-8-14(19-2)15(20-3)9-13(12)16(11)18/h9-11,14H,4-8H2,1-3H3. The Labute approximate surface area is 129 Å². The van der Waals surface area contributed by atoms with E-state index in [1.54, 1.807) is 14.2 Å². The van der Waals surface area contributed by atoms with E-state index < -0.39 is 0 Å². The summed E-state index contributed by atoms with van der Waals surface area (Å²) in [6, 6.07) is 0. The molecule has 3 unspecified atom stereocenters. The third kappa shape index (κ3) is 3.34. The van der Waals surface area contributed by atoms with Crippen LogP contribution in [0.3, 0.4) is 0 Å². The van der Waals surface area contributed by atoms with Crippen LogP contribution in [0, 0.1) is 5.92 Å². The SMILES string of the molecule is COC1=CC2=C(CC(CCCC(C)Br)C2=O)CC1OC. The Morgan fingerprint density at radius 3 is 2.75 bits per heavy atom. The molecule has 0 fully saturated rings. The summed E-state index contributed by atoms with van der Waals surface area (Å²) in [6.07, 6.45) is 6.75. The van der Waals surface area contributed by atoms with Crippen molar-refractivity contribution in [3.63, 3.8) is 0 Å². The second-order valence-electron chi connectivity index (χ2n) is 5.67. The van der Waals surface area contributed by atoms with E-state index in [0.717, 1.165) is 43.4 Å². The topological polar surface area (TPSA) is 35.5 Å². The highest BCUT2D eigenvalue weighted by atomic mass is 79.9. The van der Waals surface area contributed by atoms with Gasteiger partial charge in [-0.3, -0.25) is 4.79 Å². The van der Waals surface area contributed by atoms with E-state index in [0.29, 0.717) is 10.6 Å². The Balaban J connectivity index is 2.01. The van der Waals surface area contributed by atoms with Crippen molar-refractivity contribution < 1.29 is 14.3 Å². The van der Waals surface area contributed by atoms with Crippen molar-refractivity contribution >= 4 is 21.7 Å². The van der Waals surface area contributed by atoms with Gasteiger partial charge in [-0.15, -0.1) is 0 Å². The van der Waals surface area contributed by atoms with E-state index in [4.69, 9.17) is 9.47 Å². The normalized spacial score (nSPS) is 27.4. The first-order chi connectivity index (χ1) is 9.56. The molecule has 3 atom stereocenters. The molecule has 2 rings (SSSR count). The predicted octanol–water partition coefficient (Wildman–Crippen LogP) is 3.77. The zero-order chi connectivity index (χ0) is 14.7. The summed E-state index contributed by atoms with van der Waals surface area (Å²) in [6.45, 7) is 2.15. The number of alkyl halides is 1. The summed E-state index contributed by atoms with van der Waals surface area (Å²) in [5.41, 5.74) is 2.13. The number of carbonyl (C=O) groups excluding carboxylic acids is 1. The molecule has 0 aromatic heterocycles. The van der Waals surface area contributed by atoms with Gasteiger partial charge in [0.05, 0.1) is 7.11 Å². The lowest BCUT2D eigenvalue weighted by Gasteiger charge is -2.22. The molecule has 0 aromatic rings. The van der Waals surface area contributed by atoms with Crippen LogP contribution in [0.4, 0.5) is 0 Å². The fraction of sp³-hybridized carbons (Fsp3) is 0.688. The van der Waals surface area contributed by atoms with Gasteiger partial charge in [0.25, 0.3) is 0 Å². The van der Waals surface area contributed by atoms with Crippen LogP contribution in [0.1, 0.15) is 39.0 Å². The summed E-state index contributed by atoms with van der Waals surface area (Å²) in [5, 5.41) is 0. The Morgan fingerprint density at radius 1 is 1.40 bits per heavy atom. The minimum Gasteiger partial charge on any atom is -0.498 e. The number of ether oxygens (including phenoxy) is 2. The van der Waals surface area contributed by atoms with Gasteiger partial charge in [0, 0.05) is 29.8 Å². The number of hydrogen-bond donors (Lipinski definition) is 0. The monoisotopic (exact) mass is 342 g/mol. The molecule has 0 radical (unpaired) electrons.